The first-order valence-electron chi connectivity index (χ1n) is 21.7. The van der Waals surface area contributed by atoms with Crippen molar-refractivity contribution in [3.05, 3.63) is 48.6 Å². The van der Waals surface area contributed by atoms with Crippen molar-refractivity contribution in [2.75, 3.05) is 19.8 Å². The van der Waals surface area contributed by atoms with Gasteiger partial charge in [-0.25, -0.2) is 4.57 Å². The van der Waals surface area contributed by atoms with E-state index < -0.39 is 51.1 Å². The summed E-state index contributed by atoms with van der Waals surface area (Å²) < 4.78 is 32.6. The summed E-state index contributed by atoms with van der Waals surface area (Å²) in [6, 6.07) is -1.53. The maximum Gasteiger partial charge on any atom is 0.472 e. The van der Waals surface area contributed by atoms with Crippen LogP contribution >= 0.6 is 7.82 Å². The van der Waals surface area contributed by atoms with Crippen molar-refractivity contribution in [1.82, 2.24) is 0 Å². The highest BCUT2D eigenvalue weighted by atomic mass is 31.2. The minimum atomic E-state index is -4.73. The van der Waals surface area contributed by atoms with Gasteiger partial charge in [0.15, 0.2) is 6.10 Å². The van der Waals surface area contributed by atoms with Crippen LogP contribution in [0.4, 0.5) is 0 Å². The maximum absolute atomic E-state index is 12.6. The van der Waals surface area contributed by atoms with Crippen LogP contribution in [0.15, 0.2) is 48.6 Å². The molecule has 0 aromatic carbocycles. The molecule has 0 heterocycles. The number of esters is 2. The molecule has 0 aliphatic heterocycles. The van der Waals surface area contributed by atoms with Crippen LogP contribution < -0.4 is 5.73 Å². The lowest BCUT2D eigenvalue weighted by Gasteiger charge is -2.20. The molecule has 324 valence electrons. The second kappa shape index (κ2) is 39.3. The van der Waals surface area contributed by atoms with Crippen molar-refractivity contribution < 1.29 is 47.5 Å². The number of rotatable bonds is 40. The second-order valence-corrected chi connectivity index (χ2v) is 15.9. The van der Waals surface area contributed by atoms with Gasteiger partial charge in [0.1, 0.15) is 12.6 Å². The summed E-state index contributed by atoms with van der Waals surface area (Å²) >= 11 is 0. The fourth-order valence-electron chi connectivity index (χ4n) is 5.66. The van der Waals surface area contributed by atoms with Gasteiger partial charge >= 0.3 is 25.7 Å². The minimum Gasteiger partial charge on any atom is -0.480 e. The smallest absolute Gasteiger partial charge is 0.472 e. The Bertz CT molecular complexity index is 1140. The van der Waals surface area contributed by atoms with E-state index in [9.17, 15) is 23.8 Å². The molecule has 0 radical (unpaired) electrons. The maximum atomic E-state index is 12.6. The zero-order chi connectivity index (χ0) is 41.4. The Morgan fingerprint density at radius 2 is 0.982 bits per heavy atom. The molecule has 0 fully saturated rings. The monoisotopic (exact) mass is 812 g/mol. The summed E-state index contributed by atoms with van der Waals surface area (Å²) in [4.78, 5) is 45.9. The van der Waals surface area contributed by atoms with Gasteiger partial charge in [-0.2, -0.15) is 0 Å². The zero-order valence-corrected chi connectivity index (χ0v) is 35.9. The van der Waals surface area contributed by atoms with Crippen LogP contribution in [0.5, 0.6) is 0 Å². The number of unbranched alkanes of at least 4 members (excludes halogenated alkanes) is 18. The number of carboxylic acid groups (broad SMARTS) is 1. The topological polar surface area (TPSA) is 172 Å². The molecule has 0 saturated heterocycles. The lowest BCUT2D eigenvalue weighted by atomic mass is 10.0. The van der Waals surface area contributed by atoms with Gasteiger partial charge in [0, 0.05) is 12.8 Å². The Labute approximate surface area is 339 Å². The van der Waals surface area contributed by atoms with E-state index in [0.717, 1.165) is 44.9 Å². The van der Waals surface area contributed by atoms with Gasteiger partial charge in [-0.05, 0) is 44.9 Å². The fraction of sp³-hybridized carbons (Fsp3) is 0.750. The first kappa shape index (κ1) is 53.4. The molecule has 0 aromatic heterocycles. The van der Waals surface area contributed by atoms with E-state index in [1.165, 1.54) is 96.3 Å². The van der Waals surface area contributed by atoms with E-state index in [2.05, 4.69) is 54.8 Å². The van der Waals surface area contributed by atoms with Crippen molar-refractivity contribution in [2.45, 2.75) is 193 Å². The van der Waals surface area contributed by atoms with Crippen LogP contribution in [-0.4, -0.2) is 59.9 Å². The van der Waals surface area contributed by atoms with E-state index in [1.54, 1.807) is 0 Å². The molecular formula is C44H78NO10P. The lowest BCUT2D eigenvalue weighted by Crippen LogP contribution is -2.34. The summed E-state index contributed by atoms with van der Waals surface area (Å²) in [5, 5.41) is 8.88. The van der Waals surface area contributed by atoms with Crippen molar-refractivity contribution in [3.8, 4) is 0 Å². The van der Waals surface area contributed by atoms with E-state index in [0.29, 0.717) is 12.8 Å². The third-order valence-corrected chi connectivity index (χ3v) is 10.0. The summed E-state index contributed by atoms with van der Waals surface area (Å²) in [7, 11) is -4.73. The molecular weight excluding hydrogens is 733 g/mol. The molecule has 4 N–H and O–H groups in total. The Kier molecular flexibility index (Phi) is 37.5. The summed E-state index contributed by atoms with van der Waals surface area (Å²) in [5.74, 6) is -2.48. The first-order valence-corrected chi connectivity index (χ1v) is 23.2. The molecule has 0 aliphatic carbocycles. The fourth-order valence-corrected chi connectivity index (χ4v) is 6.44. The van der Waals surface area contributed by atoms with Crippen molar-refractivity contribution in [1.29, 1.82) is 0 Å². The summed E-state index contributed by atoms with van der Waals surface area (Å²) in [6.07, 6.45) is 43.3. The van der Waals surface area contributed by atoms with E-state index in [-0.39, 0.29) is 19.4 Å². The van der Waals surface area contributed by atoms with E-state index in [4.69, 9.17) is 24.8 Å². The molecule has 0 spiro atoms. The molecule has 3 unspecified atom stereocenters. The Morgan fingerprint density at radius 1 is 0.554 bits per heavy atom. The number of carboxylic acids is 1. The summed E-state index contributed by atoms with van der Waals surface area (Å²) in [6.45, 7) is 2.71. The molecule has 0 saturated carbocycles. The van der Waals surface area contributed by atoms with Crippen LogP contribution in [0.2, 0.25) is 0 Å². The van der Waals surface area contributed by atoms with Gasteiger partial charge in [-0.1, -0.05) is 172 Å². The molecule has 3 atom stereocenters. The highest BCUT2D eigenvalue weighted by molar-refractivity contribution is 7.47. The number of phosphoric acid groups is 1. The minimum absolute atomic E-state index is 0.0411. The van der Waals surface area contributed by atoms with Crippen LogP contribution in [-0.2, 0) is 37.5 Å². The standard InChI is InChI=1S/C44H78NO10P/c1-3-5-7-9-11-13-15-17-19-20-22-24-26-28-30-32-34-36-43(47)55-40(38-53-56(50,51)54-39-41(45)44(48)49)37-52-42(46)35-33-31-29-27-25-23-21-18-16-14-12-10-8-6-4-2/h13,15,19-20,24,26,30,32,40-41H,3-12,14,16-18,21-23,25,27-29,31,33-39,45H2,1-2H3,(H,48,49)(H,50,51)/b15-13-,20-19-,26-24-,32-30-. The quantitative estimate of drug-likeness (QED) is 0.0233. The third-order valence-electron chi connectivity index (χ3n) is 9.09. The number of hydrogen-bond donors (Lipinski definition) is 3. The van der Waals surface area contributed by atoms with Crippen molar-refractivity contribution in [2.24, 2.45) is 5.73 Å². The largest absolute Gasteiger partial charge is 0.480 e. The van der Waals surface area contributed by atoms with Crippen LogP contribution in [0.1, 0.15) is 181 Å². The van der Waals surface area contributed by atoms with Crippen molar-refractivity contribution >= 4 is 25.7 Å². The number of carbonyl (C=O) groups excluding carboxylic acids is 2. The first-order chi connectivity index (χ1) is 27.1. The Hall–Kier alpha value is -2.56. The highest BCUT2D eigenvalue weighted by Gasteiger charge is 2.28. The number of ether oxygens (including phenoxy) is 2. The van der Waals surface area contributed by atoms with E-state index in [1.807, 2.05) is 12.2 Å². The molecule has 0 amide bonds. The number of allylic oxidation sites excluding steroid dienone is 8. The normalized spacial score (nSPS) is 14.2. The van der Waals surface area contributed by atoms with Gasteiger partial charge in [0.25, 0.3) is 0 Å². The SMILES string of the molecule is CCCCCC/C=C\C/C=C\C/C=C\C/C=C\CCC(=O)OC(COC(=O)CCCCCCCCCCCCCCCCC)COP(=O)(O)OCC(N)C(=O)O. The average Bonchev–Trinajstić information content (AvgIpc) is 3.17. The zero-order valence-electron chi connectivity index (χ0n) is 35.0. The Balaban J connectivity index is 4.48. The number of phosphoric ester groups is 1. The third kappa shape index (κ3) is 38.3. The molecule has 0 rings (SSSR count). The van der Waals surface area contributed by atoms with Gasteiger partial charge < -0.3 is 25.2 Å². The van der Waals surface area contributed by atoms with Crippen LogP contribution in [0, 0.1) is 0 Å². The molecule has 0 aliphatic rings. The van der Waals surface area contributed by atoms with Gasteiger partial charge in [0.2, 0.25) is 0 Å². The van der Waals surface area contributed by atoms with Gasteiger partial charge in [-0.15, -0.1) is 0 Å². The molecule has 56 heavy (non-hydrogen) atoms. The van der Waals surface area contributed by atoms with Crippen LogP contribution in [0.25, 0.3) is 0 Å². The van der Waals surface area contributed by atoms with Gasteiger partial charge in [-0.3, -0.25) is 23.4 Å². The molecule has 12 heteroatoms. The number of carbonyl (C=O) groups is 3. The second-order valence-electron chi connectivity index (χ2n) is 14.5. The lowest BCUT2D eigenvalue weighted by molar-refractivity contribution is -0.161. The van der Waals surface area contributed by atoms with E-state index >= 15 is 0 Å². The van der Waals surface area contributed by atoms with Crippen molar-refractivity contribution in [3.63, 3.8) is 0 Å². The summed E-state index contributed by atoms with van der Waals surface area (Å²) in [5.41, 5.74) is 5.32. The van der Waals surface area contributed by atoms with Crippen LogP contribution in [0.3, 0.4) is 0 Å². The molecule has 0 aromatic rings. The average molecular weight is 812 g/mol. The number of aliphatic carboxylic acids is 1. The Morgan fingerprint density at radius 3 is 1.48 bits per heavy atom. The predicted molar refractivity (Wildman–Crippen MR) is 226 cm³/mol. The number of hydrogen-bond acceptors (Lipinski definition) is 9. The van der Waals surface area contributed by atoms with Gasteiger partial charge in [0.05, 0.1) is 13.2 Å². The molecule has 0 bridgehead atoms. The number of nitrogens with two attached hydrogens (primary N) is 1. The highest BCUT2D eigenvalue weighted by Crippen LogP contribution is 2.43. The predicted octanol–water partition coefficient (Wildman–Crippen LogP) is 11.4. The molecule has 11 nitrogen and oxygen atoms in total.